The summed E-state index contributed by atoms with van der Waals surface area (Å²) < 4.78 is 10.8. The van der Waals surface area contributed by atoms with Gasteiger partial charge in [-0.3, -0.25) is 4.79 Å². The van der Waals surface area contributed by atoms with Crippen LogP contribution >= 0.6 is 0 Å². The molecule has 0 aliphatic carbocycles. The minimum Gasteiger partial charge on any atom is -0.458 e. The fourth-order valence-electron chi connectivity index (χ4n) is 3.34. The van der Waals surface area contributed by atoms with Crippen LogP contribution in [-0.4, -0.2) is 47.1 Å². The van der Waals surface area contributed by atoms with Gasteiger partial charge in [0, 0.05) is 6.54 Å². The zero-order valence-electron chi connectivity index (χ0n) is 18.9. The normalized spacial score (nSPS) is 17.9. The number of carbonyl (C=O) groups excluding carboxylic acids is 3. The van der Waals surface area contributed by atoms with Crippen LogP contribution in [0.1, 0.15) is 59.9 Å². The summed E-state index contributed by atoms with van der Waals surface area (Å²) in [6.45, 7) is 11.6. The van der Waals surface area contributed by atoms with Gasteiger partial charge in [0.15, 0.2) is 0 Å². The molecule has 0 unspecified atom stereocenters. The highest BCUT2D eigenvalue weighted by molar-refractivity contribution is 5.90. The van der Waals surface area contributed by atoms with Crippen molar-refractivity contribution in [2.45, 2.75) is 78.7 Å². The predicted molar refractivity (Wildman–Crippen MR) is 114 cm³/mol. The smallest absolute Gasteiger partial charge is 0.408 e. The zero-order chi connectivity index (χ0) is 22.5. The summed E-state index contributed by atoms with van der Waals surface area (Å²) in [6, 6.07) is 7.86. The number of esters is 1. The van der Waals surface area contributed by atoms with E-state index >= 15 is 0 Å². The van der Waals surface area contributed by atoms with Gasteiger partial charge < -0.3 is 19.7 Å². The Morgan fingerprint density at radius 3 is 2.30 bits per heavy atom. The highest BCUT2D eigenvalue weighted by Crippen LogP contribution is 2.27. The number of rotatable bonds is 5. The molecule has 0 spiro atoms. The molecule has 1 aromatic carbocycles. The van der Waals surface area contributed by atoms with Crippen molar-refractivity contribution >= 4 is 18.0 Å². The van der Waals surface area contributed by atoms with E-state index in [1.54, 1.807) is 20.8 Å². The van der Waals surface area contributed by atoms with Crippen LogP contribution in [-0.2, 0) is 25.7 Å². The van der Waals surface area contributed by atoms with Crippen LogP contribution in [0.4, 0.5) is 4.79 Å². The van der Waals surface area contributed by atoms with E-state index in [2.05, 4.69) is 5.32 Å². The lowest BCUT2D eigenvalue weighted by Crippen LogP contribution is -2.57. The SMILES string of the molecule is CC(C)(C)OC(=O)[C@@H]1CCCN1C(=O)[C@@H](NC(=O)OCc1ccccc1)C(C)(C)C. The van der Waals surface area contributed by atoms with Crippen LogP contribution in [0.3, 0.4) is 0 Å². The maximum atomic E-state index is 13.3. The number of likely N-dealkylation sites (tertiary alicyclic amines) is 1. The Hall–Kier alpha value is -2.57. The number of ether oxygens (including phenoxy) is 2. The Bertz CT molecular complexity index is 749. The van der Waals surface area contributed by atoms with Gasteiger partial charge in [-0.05, 0) is 44.6 Å². The van der Waals surface area contributed by atoms with E-state index in [4.69, 9.17) is 9.47 Å². The number of hydrogen-bond donors (Lipinski definition) is 1. The molecular weight excluding hydrogens is 384 g/mol. The molecule has 2 atom stereocenters. The highest BCUT2D eigenvalue weighted by atomic mass is 16.6. The summed E-state index contributed by atoms with van der Waals surface area (Å²) in [6.07, 6.45) is 0.598. The summed E-state index contributed by atoms with van der Waals surface area (Å²) >= 11 is 0. The average molecular weight is 419 g/mol. The number of nitrogens with one attached hydrogen (secondary N) is 1. The second-order valence-corrected chi connectivity index (χ2v) is 9.73. The molecule has 0 saturated carbocycles. The fourth-order valence-corrected chi connectivity index (χ4v) is 3.34. The van der Waals surface area contributed by atoms with Crippen molar-refractivity contribution in [2.24, 2.45) is 5.41 Å². The van der Waals surface area contributed by atoms with E-state index < -0.39 is 35.2 Å². The van der Waals surface area contributed by atoms with Gasteiger partial charge in [-0.2, -0.15) is 0 Å². The van der Waals surface area contributed by atoms with Gasteiger partial charge in [-0.25, -0.2) is 9.59 Å². The molecule has 1 aliphatic rings. The summed E-state index contributed by atoms with van der Waals surface area (Å²) in [5, 5.41) is 2.71. The zero-order valence-corrected chi connectivity index (χ0v) is 18.9. The lowest BCUT2D eigenvalue weighted by molar-refractivity contribution is -0.164. The van der Waals surface area contributed by atoms with Crippen molar-refractivity contribution in [1.29, 1.82) is 0 Å². The van der Waals surface area contributed by atoms with Crippen molar-refractivity contribution in [2.75, 3.05) is 6.54 Å². The standard InChI is InChI=1S/C23H34N2O5/c1-22(2,3)18(24-21(28)29-15-16-11-8-7-9-12-16)19(26)25-14-10-13-17(25)20(27)30-23(4,5)6/h7-9,11-12,17-18H,10,13-15H2,1-6H3,(H,24,28)/t17-,18+/m0/s1. The summed E-state index contributed by atoms with van der Waals surface area (Å²) in [5.74, 6) is -0.708. The van der Waals surface area contributed by atoms with Crippen molar-refractivity contribution in [3.63, 3.8) is 0 Å². The number of nitrogens with zero attached hydrogens (tertiary/aromatic N) is 1. The highest BCUT2D eigenvalue weighted by Gasteiger charge is 2.43. The quantitative estimate of drug-likeness (QED) is 0.738. The van der Waals surface area contributed by atoms with Crippen LogP contribution in [0.5, 0.6) is 0 Å². The van der Waals surface area contributed by atoms with Crippen LogP contribution in [0, 0.1) is 5.41 Å². The molecule has 2 amide bonds. The fraction of sp³-hybridized carbons (Fsp3) is 0.609. The summed E-state index contributed by atoms with van der Waals surface area (Å²) in [7, 11) is 0. The van der Waals surface area contributed by atoms with E-state index in [1.807, 2.05) is 51.1 Å². The Morgan fingerprint density at radius 2 is 1.73 bits per heavy atom. The Balaban J connectivity index is 2.07. The largest absolute Gasteiger partial charge is 0.458 e. The molecular formula is C23H34N2O5. The van der Waals surface area contributed by atoms with E-state index in [0.29, 0.717) is 19.4 Å². The molecule has 7 heteroatoms. The Labute approximate surface area is 179 Å². The topological polar surface area (TPSA) is 84.9 Å². The van der Waals surface area contributed by atoms with Gasteiger partial charge in [0.05, 0.1) is 0 Å². The second kappa shape index (κ2) is 9.49. The van der Waals surface area contributed by atoms with Crippen LogP contribution in [0.2, 0.25) is 0 Å². The molecule has 0 aromatic heterocycles. The molecule has 1 aromatic rings. The first-order chi connectivity index (χ1) is 13.9. The molecule has 7 nitrogen and oxygen atoms in total. The molecule has 30 heavy (non-hydrogen) atoms. The van der Waals surface area contributed by atoms with Gasteiger partial charge in [0.25, 0.3) is 0 Å². The lowest BCUT2D eigenvalue weighted by atomic mass is 9.85. The molecule has 0 radical (unpaired) electrons. The number of alkyl carbamates (subject to hydrolysis) is 1. The van der Waals surface area contributed by atoms with Crippen LogP contribution in [0.25, 0.3) is 0 Å². The molecule has 166 valence electrons. The van der Waals surface area contributed by atoms with E-state index in [-0.39, 0.29) is 12.5 Å². The molecule has 1 heterocycles. The minimum absolute atomic E-state index is 0.113. The molecule has 1 saturated heterocycles. The maximum Gasteiger partial charge on any atom is 0.408 e. The summed E-state index contributed by atoms with van der Waals surface area (Å²) in [5.41, 5.74) is -0.336. The first-order valence-electron chi connectivity index (χ1n) is 10.4. The van der Waals surface area contributed by atoms with Gasteiger partial charge in [-0.1, -0.05) is 51.1 Å². The first kappa shape index (κ1) is 23.7. The van der Waals surface area contributed by atoms with Crippen molar-refractivity contribution in [1.82, 2.24) is 10.2 Å². The first-order valence-corrected chi connectivity index (χ1v) is 10.4. The molecule has 0 bridgehead atoms. The molecule has 1 aliphatic heterocycles. The van der Waals surface area contributed by atoms with Gasteiger partial charge in [0.1, 0.15) is 24.3 Å². The summed E-state index contributed by atoms with van der Waals surface area (Å²) in [4.78, 5) is 39.9. The Morgan fingerprint density at radius 1 is 1.10 bits per heavy atom. The number of amides is 2. The third-order valence-corrected chi connectivity index (χ3v) is 4.80. The number of carbonyl (C=O) groups is 3. The number of benzene rings is 1. The third-order valence-electron chi connectivity index (χ3n) is 4.80. The Kier molecular flexibility index (Phi) is 7.50. The monoisotopic (exact) mass is 418 g/mol. The van der Waals surface area contributed by atoms with E-state index in [9.17, 15) is 14.4 Å². The van der Waals surface area contributed by atoms with E-state index in [0.717, 1.165) is 5.56 Å². The van der Waals surface area contributed by atoms with Crippen molar-refractivity contribution in [3.8, 4) is 0 Å². The van der Waals surface area contributed by atoms with Crippen LogP contribution < -0.4 is 5.32 Å². The molecule has 2 rings (SSSR count). The minimum atomic E-state index is -0.830. The lowest BCUT2D eigenvalue weighted by Gasteiger charge is -2.35. The second-order valence-electron chi connectivity index (χ2n) is 9.73. The molecule has 1 fully saturated rings. The maximum absolute atomic E-state index is 13.3. The van der Waals surface area contributed by atoms with Gasteiger partial charge in [-0.15, -0.1) is 0 Å². The number of hydrogen-bond acceptors (Lipinski definition) is 5. The van der Waals surface area contributed by atoms with Gasteiger partial charge >= 0.3 is 12.1 Å². The average Bonchev–Trinajstić information content (AvgIpc) is 3.12. The van der Waals surface area contributed by atoms with Crippen molar-refractivity contribution < 1.29 is 23.9 Å². The van der Waals surface area contributed by atoms with Gasteiger partial charge in [0.2, 0.25) is 5.91 Å². The van der Waals surface area contributed by atoms with Crippen LogP contribution in [0.15, 0.2) is 30.3 Å². The predicted octanol–water partition coefficient (Wildman–Crippen LogP) is 3.66. The van der Waals surface area contributed by atoms with Crippen molar-refractivity contribution in [3.05, 3.63) is 35.9 Å². The molecule has 1 N–H and O–H groups in total. The third kappa shape index (κ3) is 6.75. The van der Waals surface area contributed by atoms with E-state index in [1.165, 1.54) is 4.90 Å².